The van der Waals surface area contributed by atoms with Gasteiger partial charge in [0.25, 0.3) is 0 Å². The molecule has 0 saturated carbocycles. The summed E-state index contributed by atoms with van der Waals surface area (Å²) in [5, 5.41) is 4.35. The van der Waals surface area contributed by atoms with E-state index in [1.54, 1.807) is 54.7 Å². The minimum absolute atomic E-state index is 0.0746. The highest BCUT2D eigenvalue weighted by atomic mass is 35.5. The van der Waals surface area contributed by atoms with Crippen LogP contribution in [0.5, 0.6) is 5.75 Å². The van der Waals surface area contributed by atoms with E-state index >= 15 is 0 Å². The molecule has 0 aliphatic carbocycles. The molecule has 0 unspecified atom stereocenters. The normalized spacial score (nSPS) is 10.9. The fourth-order valence-electron chi connectivity index (χ4n) is 3.24. The topological polar surface area (TPSA) is 67.8 Å². The molecule has 6 heteroatoms. The monoisotopic (exact) mass is 456 g/mol. The van der Waals surface area contributed by atoms with E-state index in [-0.39, 0.29) is 5.91 Å². The zero-order chi connectivity index (χ0) is 23.0. The third-order valence-corrected chi connectivity index (χ3v) is 5.42. The summed E-state index contributed by atoms with van der Waals surface area (Å²) in [7, 11) is 0. The van der Waals surface area contributed by atoms with E-state index in [1.807, 2.05) is 0 Å². The summed E-state index contributed by atoms with van der Waals surface area (Å²) in [5.74, 6) is -0.184. The van der Waals surface area contributed by atoms with Crippen molar-refractivity contribution in [2.24, 2.45) is 5.10 Å². The van der Waals surface area contributed by atoms with Gasteiger partial charge in [0.2, 0.25) is 5.91 Å². The second-order valence-corrected chi connectivity index (χ2v) is 8.22. The van der Waals surface area contributed by atoms with Gasteiger partial charge in [0.05, 0.1) is 16.8 Å². The van der Waals surface area contributed by atoms with Gasteiger partial charge in [0.15, 0.2) is 0 Å². The van der Waals surface area contributed by atoms with Crippen molar-refractivity contribution >= 4 is 29.7 Å². The predicted molar refractivity (Wildman–Crippen MR) is 130 cm³/mol. The van der Waals surface area contributed by atoms with Crippen LogP contribution >= 0.6 is 11.6 Å². The Morgan fingerprint density at radius 1 is 0.906 bits per heavy atom. The van der Waals surface area contributed by atoms with Crippen LogP contribution in [0.4, 0.5) is 0 Å². The van der Waals surface area contributed by atoms with E-state index in [0.29, 0.717) is 22.8 Å². The van der Waals surface area contributed by atoms with Gasteiger partial charge in [0, 0.05) is 6.42 Å². The predicted octanol–water partition coefficient (Wildman–Crippen LogP) is 6.93. The number of unbranched alkanes of at least 4 members (excludes halogenated alkanes) is 8. The van der Waals surface area contributed by atoms with Crippen LogP contribution in [0.1, 0.15) is 87.1 Å². The molecule has 0 aromatic heterocycles. The largest absolute Gasteiger partial charge is 0.423 e. The van der Waals surface area contributed by atoms with E-state index < -0.39 is 5.97 Å². The zero-order valence-electron chi connectivity index (χ0n) is 18.8. The van der Waals surface area contributed by atoms with Gasteiger partial charge in [-0.05, 0) is 48.4 Å². The first-order chi connectivity index (χ1) is 15.6. The molecule has 0 spiro atoms. The van der Waals surface area contributed by atoms with Crippen molar-refractivity contribution in [3.05, 3.63) is 64.7 Å². The molecule has 2 aromatic rings. The summed E-state index contributed by atoms with van der Waals surface area (Å²) in [6.45, 7) is 2.23. The Labute approximate surface area is 196 Å². The molecule has 0 radical (unpaired) electrons. The summed E-state index contributed by atoms with van der Waals surface area (Å²) in [6.07, 6.45) is 13.1. The van der Waals surface area contributed by atoms with Crippen LogP contribution in [0.2, 0.25) is 5.02 Å². The van der Waals surface area contributed by atoms with Crippen LogP contribution in [0.15, 0.2) is 53.6 Å². The van der Waals surface area contributed by atoms with E-state index in [2.05, 4.69) is 17.5 Å². The summed E-state index contributed by atoms with van der Waals surface area (Å²) < 4.78 is 5.34. The minimum Gasteiger partial charge on any atom is -0.423 e. The Bertz CT molecular complexity index is 866. The number of nitrogens with one attached hydrogen (secondary N) is 1. The van der Waals surface area contributed by atoms with Crippen molar-refractivity contribution in [1.29, 1.82) is 0 Å². The molecule has 172 valence electrons. The van der Waals surface area contributed by atoms with Crippen molar-refractivity contribution in [3.63, 3.8) is 0 Å². The first-order valence-electron chi connectivity index (χ1n) is 11.5. The molecular formula is C26H33ClN2O3. The highest BCUT2D eigenvalue weighted by Gasteiger charge is 2.11. The lowest BCUT2D eigenvalue weighted by atomic mass is 10.1. The number of nitrogens with zero attached hydrogens (tertiary/aromatic N) is 1. The van der Waals surface area contributed by atoms with Gasteiger partial charge in [0.1, 0.15) is 5.75 Å². The molecule has 0 atom stereocenters. The van der Waals surface area contributed by atoms with Crippen molar-refractivity contribution in [2.75, 3.05) is 0 Å². The third-order valence-electron chi connectivity index (χ3n) is 5.09. The molecule has 0 aliphatic heterocycles. The van der Waals surface area contributed by atoms with Gasteiger partial charge < -0.3 is 4.74 Å². The summed E-state index contributed by atoms with van der Waals surface area (Å²) in [4.78, 5) is 24.1. The van der Waals surface area contributed by atoms with Crippen LogP contribution in [-0.4, -0.2) is 18.1 Å². The number of benzene rings is 2. The summed E-state index contributed by atoms with van der Waals surface area (Å²) in [6, 6.07) is 13.6. The van der Waals surface area contributed by atoms with Gasteiger partial charge in [-0.3, -0.25) is 4.79 Å². The average Bonchev–Trinajstić information content (AvgIpc) is 2.79. The van der Waals surface area contributed by atoms with E-state index in [4.69, 9.17) is 16.3 Å². The van der Waals surface area contributed by atoms with Gasteiger partial charge in [-0.15, -0.1) is 0 Å². The van der Waals surface area contributed by atoms with Gasteiger partial charge in [-0.1, -0.05) is 82.0 Å². The maximum Gasteiger partial charge on any atom is 0.345 e. The van der Waals surface area contributed by atoms with E-state index in [0.717, 1.165) is 18.4 Å². The molecule has 1 amide bonds. The van der Waals surface area contributed by atoms with Crippen LogP contribution in [0.25, 0.3) is 0 Å². The molecule has 1 N–H and O–H groups in total. The second kappa shape index (κ2) is 15.2. The van der Waals surface area contributed by atoms with Crippen molar-refractivity contribution < 1.29 is 14.3 Å². The first-order valence-corrected chi connectivity index (χ1v) is 11.9. The fraction of sp³-hybridized carbons (Fsp3) is 0.423. The Kier molecular flexibility index (Phi) is 12.2. The molecule has 32 heavy (non-hydrogen) atoms. The van der Waals surface area contributed by atoms with Crippen molar-refractivity contribution in [1.82, 2.24) is 5.43 Å². The highest BCUT2D eigenvalue weighted by molar-refractivity contribution is 6.33. The summed E-state index contributed by atoms with van der Waals surface area (Å²) >= 11 is 6.02. The molecule has 0 heterocycles. The van der Waals surface area contributed by atoms with Crippen LogP contribution in [0, 0.1) is 0 Å². The number of halogens is 1. The van der Waals surface area contributed by atoms with Gasteiger partial charge >= 0.3 is 5.97 Å². The van der Waals surface area contributed by atoms with E-state index in [9.17, 15) is 9.59 Å². The lowest BCUT2D eigenvalue weighted by Crippen LogP contribution is -2.16. The Morgan fingerprint density at radius 2 is 1.53 bits per heavy atom. The number of amides is 1. The maximum absolute atomic E-state index is 12.2. The average molecular weight is 457 g/mol. The first kappa shape index (κ1) is 25.6. The lowest BCUT2D eigenvalue weighted by molar-refractivity contribution is -0.121. The molecule has 0 bridgehead atoms. The third kappa shape index (κ3) is 10.1. The SMILES string of the molecule is CCCCCCCCCCCC(=O)N/N=C\c1ccc(OC(=O)c2ccccc2Cl)cc1. The Balaban J connectivity index is 1.63. The highest BCUT2D eigenvalue weighted by Crippen LogP contribution is 2.19. The molecule has 0 fully saturated rings. The van der Waals surface area contributed by atoms with Crippen molar-refractivity contribution in [3.8, 4) is 5.75 Å². The minimum atomic E-state index is -0.513. The molecule has 5 nitrogen and oxygen atoms in total. The molecule has 0 saturated heterocycles. The molecular weight excluding hydrogens is 424 g/mol. The second-order valence-electron chi connectivity index (χ2n) is 7.81. The van der Waals surface area contributed by atoms with Gasteiger partial charge in [-0.2, -0.15) is 5.10 Å². The van der Waals surface area contributed by atoms with Gasteiger partial charge in [-0.25, -0.2) is 10.2 Å². The number of hydrogen-bond acceptors (Lipinski definition) is 4. The summed E-state index contributed by atoms with van der Waals surface area (Å²) in [5.41, 5.74) is 3.66. The van der Waals surface area contributed by atoms with Crippen LogP contribution < -0.4 is 10.2 Å². The van der Waals surface area contributed by atoms with Crippen molar-refractivity contribution in [2.45, 2.75) is 71.1 Å². The number of rotatable bonds is 14. The van der Waals surface area contributed by atoms with Crippen LogP contribution in [-0.2, 0) is 4.79 Å². The Hall–Kier alpha value is -2.66. The number of carbonyl (C=O) groups excluding carboxylic acids is 2. The molecule has 0 aliphatic rings. The molecule has 2 rings (SSSR count). The van der Waals surface area contributed by atoms with Crippen LogP contribution in [0.3, 0.4) is 0 Å². The number of hydrazone groups is 1. The fourth-order valence-corrected chi connectivity index (χ4v) is 3.45. The zero-order valence-corrected chi connectivity index (χ0v) is 19.6. The maximum atomic E-state index is 12.2. The smallest absolute Gasteiger partial charge is 0.345 e. The number of carbonyl (C=O) groups is 2. The Morgan fingerprint density at radius 3 is 2.19 bits per heavy atom. The number of ether oxygens (including phenoxy) is 1. The number of hydrogen-bond donors (Lipinski definition) is 1. The standard InChI is InChI=1S/C26H33ClN2O3/c1-2-3-4-5-6-7-8-9-10-15-25(30)29-28-20-21-16-18-22(19-17-21)32-26(31)23-13-11-12-14-24(23)27/h11-14,16-20H,2-10,15H2,1H3,(H,29,30)/b28-20-. The molecule has 2 aromatic carbocycles. The number of esters is 1. The van der Waals surface area contributed by atoms with E-state index in [1.165, 1.54) is 44.9 Å². The lowest BCUT2D eigenvalue weighted by Gasteiger charge is -2.06. The quantitative estimate of drug-likeness (QED) is 0.110.